The van der Waals surface area contributed by atoms with Crippen molar-refractivity contribution in [1.82, 2.24) is 0 Å². The van der Waals surface area contributed by atoms with E-state index in [1.165, 1.54) is 36.5 Å². The maximum atomic E-state index is 2.99. The van der Waals surface area contributed by atoms with Crippen LogP contribution in [0.2, 0.25) is 0 Å². The summed E-state index contributed by atoms with van der Waals surface area (Å²) in [6, 6.07) is 37.3. The number of hydrogen-bond acceptors (Lipinski definition) is 0. The molecule has 0 amide bonds. The first-order chi connectivity index (χ1) is 17.1. The fourth-order valence-corrected chi connectivity index (χ4v) is 18.1. The van der Waals surface area contributed by atoms with Crippen molar-refractivity contribution >= 4 is 56.2 Å². The third-order valence-electron chi connectivity index (χ3n) is 8.53. The van der Waals surface area contributed by atoms with Gasteiger partial charge in [0.15, 0.2) is 22.0 Å². The van der Waals surface area contributed by atoms with Crippen LogP contribution in [0.1, 0.15) is 62.0 Å². The Bertz CT molecular complexity index is 1260. The summed E-state index contributed by atoms with van der Waals surface area (Å²) < 4.78 is 0. The predicted octanol–water partition coefficient (Wildman–Crippen LogP) is 9.79. The molecule has 2 aliphatic rings. The molecule has 0 spiro atoms. The van der Waals surface area contributed by atoms with E-state index in [2.05, 4.69) is 133 Å². The lowest BCUT2D eigenvalue weighted by molar-refractivity contribution is 0.765. The highest BCUT2D eigenvalue weighted by atomic mass is 127. The fourth-order valence-electron chi connectivity index (χ4n) is 6.62. The van der Waals surface area contributed by atoms with Crippen molar-refractivity contribution in [1.29, 1.82) is 0 Å². The van der Waals surface area contributed by atoms with Gasteiger partial charge in [0.05, 0.1) is 11.3 Å². The summed E-state index contributed by atoms with van der Waals surface area (Å²) in [6.07, 6.45) is 5.34. The Morgan fingerprint density at radius 1 is 0.629 bits per heavy atom. The van der Waals surface area contributed by atoms with Crippen LogP contribution in [0.4, 0.5) is 0 Å². The van der Waals surface area contributed by atoms with Gasteiger partial charge in [-0.2, -0.15) is 0 Å². The third-order valence-corrected chi connectivity index (χ3v) is 23.5. The largest absolute Gasteiger partial charge is 0.161 e. The van der Waals surface area contributed by atoms with Gasteiger partial charge >= 0.3 is 0 Å². The molecule has 4 atom stereocenters. The van der Waals surface area contributed by atoms with E-state index >= 15 is 0 Å². The fraction of sp³-hybridized carbons (Fsp3) is 0.312. The van der Waals surface area contributed by atoms with Crippen molar-refractivity contribution in [3.05, 3.63) is 108 Å². The molecule has 2 aliphatic heterocycles. The average Bonchev–Trinajstić information content (AvgIpc) is 3.46. The zero-order valence-electron chi connectivity index (χ0n) is 20.6. The molecular weight excluding hydrogens is 573 g/mol. The highest BCUT2D eigenvalue weighted by Gasteiger charge is 2.56. The van der Waals surface area contributed by atoms with Crippen molar-refractivity contribution in [3.8, 4) is 0 Å². The molecule has 0 radical (unpaired) electrons. The SMILES string of the molecule is C[C@@H]1CC[C@@H](C)[P+]1(I)c1cc2ccccc2cc1P1[C@H](c2ccccc2)CC[C@H]1c1ccccc1. The first-order valence-corrected chi connectivity index (χ1v) is 19.3. The van der Waals surface area contributed by atoms with Crippen molar-refractivity contribution in [2.75, 3.05) is 0 Å². The number of fused-ring (bicyclic) bond motifs is 1. The van der Waals surface area contributed by atoms with Crippen LogP contribution < -0.4 is 10.6 Å². The van der Waals surface area contributed by atoms with Gasteiger partial charge in [-0.15, -0.1) is 0 Å². The average molecular weight is 607 g/mol. The summed E-state index contributed by atoms with van der Waals surface area (Å²) in [6.45, 7) is 5.10. The maximum absolute atomic E-state index is 2.99. The lowest BCUT2D eigenvalue weighted by atomic mass is 10.0. The minimum absolute atomic E-state index is 0.377. The molecule has 0 N–H and O–H groups in total. The number of halogens is 1. The number of rotatable bonds is 4. The van der Waals surface area contributed by atoms with Gasteiger partial charge in [0, 0.05) is 16.6 Å². The Morgan fingerprint density at radius 3 is 1.60 bits per heavy atom. The van der Waals surface area contributed by atoms with Gasteiger partial charge in [-0.3, -0.25) is 0 Å². The third kappa shape index (κ3) is 4.21. The Morgan fingerprint density at radius 2 is 1.09 bits per heavy atom. The topological polar surface area (TPSA) is 0 Å². The van der Waals surface area contributed by atoms with Crippen LogP contribution in [0.3, 0.4) is 0 Å². The lowest BCUT2D eigenvalue weighted by Crippen LogP contribution is -2.31. The smallest absolute Gasteiger partial charge is 0.0622 e. The lowest BCUT2D eigenvalue weighted by Gasteiger charge is -2.33. The second-order valence-corrected chi connectivity index (χ2v) is 21.4. The Labute approximate surface area is 225 Å². The molecule has 0 bridgehead atoms. The van der Waals surface area contributed by atoms with Crippen molar-refractivity contribution in [2.24, 2.45) is 0 Å². The Hall–Kier alpha value is -1.27. The van der Waals surface area contributed by atoms with Crippen LogP contribution in [-0.2, 0) is 0 Å². The van der Waals surface area contributed by atoms with E-state index in [0.29, 0.717) is 11.3 Å². The zero-order valence-corrected chi connectivity index (χ0v) is 24.6. The summed E-state index contributed by atoms with van der Waals surface area (Å²) in [5, 5.41) is 6.32. The standard InChI is InChI=1S/C32H34IP2/c1-23-17-18-24(2)35(23,33)32-22-28-16-10-9-15-27(28)21-31(32)34-29(25-11-5-3-6-12-25)19-20-30(34)26-13-7-4-8-14-26/h3-16,21-24,29-30H,17-20H2,1-2H3/q+1/t23-,24-,29+,30+/m1/s1. The Kier molecular flexibility index (Phi) is 6.81. The van der Waals surface area contributed by atoms with Gasteiger partial charge < -0.3 is 0 Å². The maximum Gasteiger partial charge on any atom is 0.161 e. The van der Waals surface area contributed by atoms with E-state index in [1.807, 2.05) is 0 Å². The van der Waals surface area contributed by atoms with E-state index in [-0.39, 0.29) is 7.92 Å². The Balaban J connectivity index is 1.60. The van der Waals surface area contributed by atoms with Crippen LogP contribution in [0.5, 0.6) is 0 Å². The van der Waals surface area contributed by atoms with Crippen LogP contribution in [0, 0.1) is 0 Å². The monoisotopic (exact) mass is 607 g/mol. The molecule has 178 valence electrons. The number of hydrogen-bond donors (Lipinski definition) is 0. The van der Waals surface area contributed by atoms with Gasteiger partial charge in [0.1, 0.15) is 10.2 Å². The molecule has 0 nitrogen and oxygen atoms in total. The normalized spacial score (nSPS) is 26.4. The predicted molar refractivity (Wildman–Crippen MR) is 167 cm³/mol. The van der Waals surface area contributed by atoms with E-state index in [9.17, 15) is 0 Å². The van der Waals surface area contributed by atoms with Crippen LogP contribution in [0.25, 0.3) is 10.8 Å². The molecular formula is C32H34IP2+. The van der Waals surface area contributed by atoms with Crippen LogP contribution >= 0.6 is 34.9 Å². The van der Waals surface area contributed by atoms with Crippen LogP contribution in [-0.4, -0.2) is 11.3 Å². The molecule has 2 heterocycles. The van der Waals surface area contributed by atoms with Gasteiger partial charge in [-0.1, -0.05) is 92.9 Å². The van der Waals surface area contributed by atoms with Gasteiger partial charge in [0.2, 0.25) is 0 Å². The molecule has 0 unspecified atom stereocenters. The first kappa shape index (κ1) is 24.1. The molecule has 2 saturated heterocycles. The molecule has 0 saturated carbocycles. The molecule has 2 fully saturated rings. The minimum atomic E-state index is -1.30. The van der Waals surface area contributed by atoms with Gasteiger partial charge in [-0.25, -0.2) is 0 Å². The van der Waals surface area contributed by atoms with E-state index < -0.39 is 4.90 Å². The van der Waals surface area contributed by atoms with Gasteiger partial charge in [-0.05, 0) is 73.6 Å². The molecule has 6 rings (SSSR count). The van der Waals surface area contributed by atoms with Gasteiger partial charge in [0.25, 0.3) is 0 Å². The van der Waals surface area contributed by atoms with E-state index in [0.717, 1.165) is 11.3 Å². The minimum Gasteiger partial charge on any atom is -0.0622 e. The molecule has 4 aromatic carbocycles. The summed E-state index contributed by atoms with van der Waals surface area (Å²) in [5.74, 6) is 0. The summed E-state index contributed by atoms with van der Waals surface area (Å²) >= 11 is 2.99. The molecule has 4 aromatic rings. The first-order valence-electron chi connectivity index (χ1n) is 13.1. The zero-order chi connectivity index (χ0) is 24.0. The summed E-state index contributed by atoms with van der Waals surface area (Å²) in [7, 11) is -0.377. The highest BCUT2D eigenvalue weighted by molar-refractivity contribution is 14.2. The quantitative estimate of drug-likeness (QED) is 0.160. The molecule has 35 heavy (non-hydrogen) atoms. The van der Waals surface area contributed by atoms with Crippen LogP contribution in [0.15, 0.2) is 97.1 Å². The van der Waals surface area contributed by atoms with Crippen molar-refractivity contribution in [2.45, 2.75) is 62.2 Å². The van der Waals surface area contributed by atoms with Crippen molar-refractivity contribution < 1.29 is 0 Å². The second-order valence-electron chi connectivity index (χ2n) is 10.5. The number of benzene rings is 4. The summed E-state index contributed by atoms with van der Waals surface area (Å²) in [5.41, 5.74) is 5.97. The van der Waals surface area contributed by atoms with E-state index in [4.69, 9.17) is 0 Å². The molecule has 3 heteroatoms. The second kappa shape index (κ2) is 9.89. The van der Waals surface area contributed by atoms with E-state index in [1.54, 1.807) is 21.7 Å². The molecule has 0 aromatic heterocycles. The van der Waals surface area contributed by atoms with Crippen molar-refractivity contribution in [3.63, 3.8) is 0 Å². The highest BCUT2D eigenvalue weighted by Crippen LogP contribution is 2.79. The summed E-state index contributed by atoms with van der Waals surface area (Å²) in [4.78, 5) is -1.30. The molecule has 0 aliphatic carbocycles.